The van der Waals surface area contributed by atoms with Gasteiger partial charge in [0.05, 0.1) is 22.1 Å². The van der Waals surface area contributed by atoms with Crippen LogP contribution < -0.4 is 0 Å². The van der Waals surface area contributed by atoms with Gasteiger partial charge in [0, 0.05) is 18.7 Å². The molecule has 3 rings (SSSR count). The largest absolute Gasteiger partial charge is 0.294 e. The van der Waals surface area contributed by atoms with E-state index in [9.17, 15) is 9.59 Å². The van der Waals surface area contributed by atoms with Crippen molar-refractivity contribution in [3.63, 3.8) is 0 Å². The first-order valence-electron chi connectivity index (χ1n) is 6.77. The highest BCUT2D eigenvalue weighted by molar-refractivity contribution is 8.01. The topological polar surface area (TPSA) is 59.9 Å². The second-order valence-electron chi connectivity index (χ2n) is 4.50. The molecule has 0 spiro atoms. The lowest BCUT2D eigenvalue weighted by Gasteiger charge is -1.94. The van der Waals surface area contributed by atoms with Crippen LogP contribution in [0.3, 0.4) is 0 Å². The Morgan fingerprint density at radius 3 is 2.00 bits per heavy atom. The zero-order valence-corrected chi connectivity index (χ0v) is 16.1. The summed E-state index contributed by atoms with van der Waals surface area (Å²) in [5.41, 5.74) is 0. The summed E-state index contributed by atoms with van der Waals surface area (Å²) >= 11 is 9.68. The van der Waals surface area contributed by atoms with Crippen LogP contribution in [-0.2, 0) is 0 Å². The number of halogens is 1. The van der Waals surface area contributed by atoms with Crippen LogP contribution in [0.4, 0.5) is 0 Å². The van der Waals surface area contributed by atoms with Crippen molar-refractivity contribution in [1.82, 2.24) is 9.97 Å². The number of ketones is 2. The van der Waals surface area contributed by atoms with E-state index in [1.54, 1.807) is 24.9 Å². The molecule has 3 aromatic rings. The third-order valence-electron chi connectivity index (χ3n) is 2.60. The first kappa shape index (κ1) is 18.8. The van der Waals surface area contributed by atoms with Crippen LogP contribution >= 0.6 is 46.0 Å². The van der Waals surface area contributed by atoms with E-state index in [2.05, 4.69) is 9.97 Å². The number of Topliss-reactive ketones (excluding diaryl/α,β-unsaturated/α-hetero) is 2. The van der Waals surface area contributed by atoms with Gasteiger partial charge in [-0.05, 0) is 12.1 Å². The van der Waals surface area contributed by atoms with E-state index in [1.165, 1.54) is 35.8 Å². The van der Waals surface area contributed by atoms with Crippen molar-refractivity contribution in [2.45, 2.75) is 23.1 Å². The van der Waals surface area contributed by atoms with Gasteiger partial charge in [0.25, 0.3) is 0 Å². The van der Waals surface area contributed by atoms with E-state index in [0.717, 1.165) is 9.24 Å². The molecule has 0 fully saturated rings. The minimum atomic E-state index is 0.0133. The average molecular weight is 397 g/mol. The second kappa shape index (κ2) is 9.08. The molecule has 0 radical (unpaired) electrons. The van der Waals surface area contributed by atoms with Gasteiger partial charge in [-0.3, -0.25) is 9.59 Å². The maximum Gasteiger partial charge on any atom is 0.184 e. The molecule has 0 bridgehead atoms. The number of hydrogen-bond acceptors (Lipinski definition) is 7. The van der Waals surface area contributed by atoms with Crippen LogP contribution in [-0.4, -0.2) is 21.5 Å². The average Bonchev–Trinajstić information content (AvgIpc) is 3.18. The molecular weight excluding hydrogens is 384 g/mol. The Labute approximate surface area is 156 Å². The van der Waals surface area contributed by atoms with Crippen LogP contribution in [0.25, 0.3) is 0 Å². The maximum absolute atomic E-state index is 11.1. The number of thiazole rings is 2. The van der Waals surface area contributed by atoms with Gasteiger partial charge in [0.1, 0.15) is 0 Å². The van der Waals surface area contributed by atoms with Gasteiger partial charge in [-0.15, -0.1) is 11.3 Å². The molecule has 0 unspecified atom stereocenters. The Morgan fingerprint density at radius 1 is 0.958 bits per heavy atom. The van der Waals surface area contributed by atoms with Gasteiger partial charge >= 0.3 is 0 Å². The minimum Gasteiger partial charge on any atom is -0.294 e. The van der Waals surface area contributed by atoms with Gasteiger partial charge < -0.3 is 0 Å². The number of carbonyl (C=O) groups is 2. The fraction of sp³-hybridized carbons (Fsp3) is 0.125. The zero-order chi connectivity index (χ0) is 17.5. The van der Waals surface area contributed by atoms with E-state index in [0.29, 0.717) is 14.2 Å². The standard InChI is InChI=1S/C11H9NOS2.C5H4ClNOS/c1-8(13)10-7-12-11(15-10)14-9-5-3-2-4-6-9;1-3(8)4-2-7-5(6)9-4/h2-7H,1H3;2H,1H3. The maximum atomic E-state index is 11.1. The molecule has 0 amide bonds. The summed E-state index contributed by atoms with van der Waals surface area (Å²) in [5.74, 6) is 0.0896. The quantitative estimate of drug-likeness (QED) is 0.545. The predicted molar refractivity (Wildman–Crippen MR) is 99.8 cm³/mol. The number of nitrogens with zero attached hydrogens (tertiary/aromatic N) is 2. The Balaban J connectivity index is 0.000000198. The van der Waals surface area contributed by atoms with E-state index in [4.69, 9.17) is 11.6 Å². The summed E-state index contributed by atoms with van der Waals surface area (Å²) in [4.78, 5) is 32.0. The summed E-state index contributed by atoms with van der Waals surface area (Å²) in [7, 11) is 0. The van der Waals surface area contributed by atoms with Crippen LogP contribution in [0.5, 0.6) is 0 Å². The molecule has 124 valence electrons. The normalized spacial score (nSPS) is 9.96. The molecule has 0 aliphatic rings. The summed E-state index contributed by atoms with van der Waals surface area (Å²) in [6, 6.07) is 10.0. The van der Waals surface area contributed by atoms with E-state index >= 15 is 0 Å². The van der Waals surface area contributed by atoms with Crippen LogP contribution in [0.15, 0.2) is 52.0 Å². The van der Waals surface area contributed by atoms with E-state index in [-0.39, 0.29) is 11.6 Å². The van der Waals surface area contributed by atoms with Crippen molar-refractivity contribution in [2.75, 3.05) is 0 Å². The number of hydrogen-bond donors (Lipinski definition) is 0. The van der Waals surface area contributed by atoms with Crippen molar-refractivity contribution in [1.29, 1.82) is 0 Å². The van der Waals surface area contributed by atoms with Gasteiger partial charge in [-0.25, -0.2) is 9.97 Å². The van der Waals surface area contributed by atoms with Crippen LogP contribution in [0.2, 0.25) is 4.47 Å². The zero-order valence-electron chi connectivity index (χ0n) is 12.9. The summed E-state index contributed by atoms with van der Waals surface area (Å²) in [6.45, 7) is 3.05. The van der Waals surface area contributed by atoms with E-state index in [1.807, 2.05) is 30.3 Å². The highest BCUT2D eigenvalue weighted by Gasteiger charge is 2.06. The van der Waals surface area contributed by atoms with Gasteiger partial charge in [0.2, 0.25) is 0 Å². The lowest BCUT2D eigenvalue weighted by molar-refractivity contribution is 0.101. The van der Waals surface area contributed by atoms with Gasteiger partial charge in [-0.2, -0.15) is 0 Å². The fourth-order valence-electron chi connectivity index (χ4n) is 1.47. The molecule has 4 nitrogen and oxygen atoms in total. The first-order chi connectivity index (χ1) is 11.5. The molecule has 0 aliphatic carbocycles. The molecule has 0 N–H and O–H groups in total. The predicted octanol–water partition coefficient (Wildman–Crippen LogP) is 5.50. The lowest BCUT2D eigenvalue weighted by atomic mass is 10.4. The Morgan fingerprint density at radius 2 is 1.54 bits per heavy atom. The van der Waals surface area contributed by atoms with E-state index < -0.39 is 0 Å². The fourth-order valence-corrected chi connectivity index (χ4v) is 4.17. The smallest absolute Gasteiger partial charge is 0.184 e. The third-order valence-corrected chi connectivity index (χ3v) is 6.00. The number of rotatable bonds is 4. The molecule has 8 heteroatoms. The van der Waals surface area contributed by atoms with Crippen LogP contribution in [0.1, 0.15) is 33.2 Å². The summed E-state index contributed by atoms with van der Waals surface area (Å²) in [5, 5.41) is 0. The van der Waals surface area contributed by atoms with Crippen LogP contribution in [0, 0.1) is 0 Å². The monoisotopic (exact) mass is 396 g/mol. The molecule has 0 saturated carbocycles. The van der Waals surface area contributed by atoms with Crippen molar-refractivity contribution in [2.24, 2.45) is 0 Å². The highest BCUT2D eigenvalue weighted by atomic mass is 35.5. The van der Waals surface area contributed by atoms with Gasteiger partial charge in [0.15, 0.2) is 20.4 Å². The SMILES string of the molecule is CC(=O)c1cnc(Cl)s1.CC(=O)c1cnc(Sc2ccccc2)s1. The molecule has 24 heavy (non-hydrogen) atoms. The summed E-state index contributed by atoms with van der Waals surface area (Å²) in [6.07, 6.45) is 3.12. The number of aromatic nitrogens is 2. The van der Waals surface area contributed by atoms with Crippen molar-refractivity contribution in [3.8, 4) is 0 Å². The van der Waals surface area contributed by atoms with Crippen molar-refractivity contribution < 1.29 is 9.59 Å². The number of carbonyl (C=O) groups excluding carboxylic acids is 2. The first-order valence-corrected chi connectivity index (χ1v) is 9.60. The van der Waals surface area contributed by atoms with Crippen molar-refractivity contribution >= 4 is 57.6 Å². The molecule has 0 atom stereocenters. The minimum absolute atomic E-state index is 0.0133. The molecule has 0 saturated heterocycles. The second-order valence-corrected chi connectivity index (χ2v) is 8.46. The van der Waals surface area contributed by atoms with Gasteiger partial charge in [-0.1, -0.05) is 52.9 Å². The summed E-state index contributed by atoms with van der Waals surface area (Å²) < 4.78 is 1.33. The molecule has 0 aliphatic heterocycles. The molecular formula is C16H13ClN2O2S3. The third kappa shape index (κ3) is 5.83. The lowest BCUT2D eigenvalue weighted by Crippen LogP contribution is -1.83. The molecule has 1 aromatic carbocycles. The Hall–Kier alpha value is -1.54. The Bertz CT molecular complexity index is 831. The number of benzene rings is 1. The molecule has 2 aromatic heterocycles. The van der Waals surface area contributed by atoms with Crippen molar-refractivity contribution in [3.05, 3.63) is 56.9 Å². The Kier molecular flexibility index (Phi) is 7.11. The highest BCUT2D eigenvalue weighted by Crippen LogP contribution is 2.30. The molecule has 2 heterocycles.